The molecule has 146 valence electrons. The maximum Gasteiger partial charge on any atom is 0.321 e. The van der Waals surface area contributed by atoms with Crippen LogP contribution in [0.2, 0.25) is 0 Å². The van der Waals surface area contributed by atoms with Crippen LogP contribution in [0.3, 0.4) is 0 Å². The molecular weight excluding hydrogens is 362 g/mol. The molecule has 0 radical (unpaired) electrons. The highest BCUT2D eigenvalue weighted by atomic mass is 32.2. The van der Waals surface area contributed by atoms with Crippen LogP contribution in [0.5, 0.6) is 0 Å². The Balaban J connectivity index is 2.16. The molecule has 1 heterocycles. The van der Waals surface area contributed by atoms with E-state index in [-0.39, 0.29) is 11.9 Å². The molecule has 0 unspecified atom stereocenters. The highest BCUT2D eigenvalue weighted by Gasteiger charge is 2.22. The van der Waals surface area contributed by atoms with Crippen molar-refractivity contribution in [1.29, 1.82) is 0 Å². The van der Waals surface area contributed by atoms with E-state index in [9.17, 15) is 9.59 Å². The van der Waals surface area contributed by atoms with Gasteiger partial charge in [-0.15, -0.1) is 10.2 Å². The summed E-state index contributed by atoms with van der Waals surface area (Å²) in [6.07, 6.45) is 0.918. The molecule has 0 bridgehead atoms. The minimum atomic E-state index is -0.488. The average Bonchev–Trinajstić information content (AvgIpc) is 2.97. The number of hydrogen-bond acceptors (Lipinski definition) is 5. The summed E-state index contributed by atoms with van der Waals surface area (Å²) in [5.74, 6) is 0.425. The number of nitrogens with one attached hydrogen (secondary N) is 2. The number of urea groups is 1. The third kappa shape index (κ3) is 5.82. The molecule has 0 spiro atoms. The van der Waals surface area contributed by atoms with Gasteiger partial charge in [-0.1, -0.05) is 42.4 Å². The maximum atomic E-state index is 12.3. The number of hydrogen-bond donors (Lipinski definition) is 2. The Kier molecular flexibility index (Phi) is 7.41. The number of aryl methyl sites for hydroxylation is 1. The molecule has 7 nitrogen and oxygen atoms in total. The van der Waals surface area contributed by atoms with Gasteiger partial charge < -0.3 is 9.88 Å². The number of aromatic nitrogens is 3. The van der Waals surface area contributed by atoms with Crippen molar-refractivity contribution < 1.29 is 9.59 Å². The molecule has 0 saturated carbocycles. The van der Waals surface area contributed by atoms with Crippen LogP contribution in [-0.2, 0) is 11.3 Å². The van der Waals surface area contributed by atoms with Crippen molar-refractivity contribution in [3.05, 3.63) is 29.8 Å². The first kappa shape index (κ1) is 21.0. The van der Waals surface area contributed by atoms with E-state index in [1.165, 1.54) is 11.8 Å². The van der Waals surface area contributed by atoms with Gasteiger partial charge in [0, 0.05) is 18.2 Å². The molecule has 1 atom stereocenters. The van der Waals surface area contributed by atoms with E-state index in [0.717, 1.165) is 29.9 Å². The van der Waals surface area contributed by atoms with Gasteiger partial charge >= 0.3 is 6.03 Å². The number of carbonyl (C=O) groups is 2. The molecule has 0 fully saturated rings. The molecule has 0 aliphatic carbocycles. The van der Waals surface area contributed by atoms with Crippen LogP contribution in [-0.4, -0.2) is 38.0 Å². The number of carbonyl (C=O) groups excluding carboxylic acids is 2. The summed E-state index contributed by atoms with van der Waals surface area (Å²) in [6.45, 7) is 10.3. The maximum absolute atomic E-state index is 12.3. The lowest BCUT2D eigenvalue weighted by Crippen LogP contribution is -2.45. The number of rotatable bonds is 7. The second-order valence-electron chi connectivity index (χ2n) is 6.70. The second kappa shape index (κ2) is 9.55. The Morgan fingerprint density at radius 1 is 1.22 bits per heavy atom. The predicted octanol–water partition coefficient (Wildman–Crippen LogP) is 3.38. The smallest absolute Gasteiger partial charge is 0.321 e. The normalized spacial score (nSPS) is 12.1. The SMILES string of the molecule is CCCn1c(S[C@H](C)C(=O)NC(=O)NC(C)C)nnc1-c1cccc(C)c1. The molecule has 1 aromatic heterocycles. The highest BCUT2D eigenvalue weighted by Crippen LogP contribution is 2.27. The lowest BCUT2D eigenvalue weighted by molar-refractivity contribution is -0.119. The lowest BCUT2D eigenvalue weighted by atomic mass is 10.1. The third-order valence-electron chi connectivity index (χ3n) is 3.75. The minimum absolute atomic E-state index is 0.0368. The first-order valence-corrected chi connectivity index (χ1v) is 9.98. The second-order valence-corrected chi connectivity index (χ2v) is 8.01. The third-order valence-corrected chi connectivity index (χ3v) is 4.83. The van der Waals surface area contributed by atoms with Crippen molar-refractivity contribution in [3.8, 4) is 11.4 Å². The van der Waals surface area contributed by atoms with E-state index in [4.69, 9.17) is 0 Å². The van der Waals surface area contributed by atoms with Crippen molar-refractivity contribution in [1.82, 2.24) is 25.4 Å². The van der Waals surface area contributed by atoms with Crippen LogP contribution in [0.25, 0.3) is 11.4 Å². The molecule has 2 rings (SSSR count). The fourth-order valence-corrected chi connectivity index (χ4v) is 3.40. The van der Waals surface area contributed by atoms with E-state index in [1.54, 1.807) is 6.92 Å². The van der Waals surface area contributed by atoms with Gasteiger partial charge in [-0.05, 0) is 40.2 Å². The number of benzene rings is 1. The summed E-state index contributed by atoms with van der Waals surface area (Å²) in [6, 6.07) is 7.57. The molecule has 2 aromatic rings. The van der Waals surface area contributed by atoms with E-state index >= 15 is 0 Å². The summed E-state index contributed by atoms with van der Waals surface area (Å²) in [5.41, 5.74) is 2.15. The number of thioether (sulfide) groups is 1. The molecule has 8 heteroatoms. The van der Waals surface area contributed by atoms with Gasteiger partial charge in [0.25, 0.3) is 0 Å². The summed E-state index contributed by atoms with van der Waals surface area (Å²) in [4.78, 5) is 24.0. The van der Waals surface area contributed by atoms with Gasteiger partial charge in [0.2, 0.25) is 5.91 Å². The Hall–Kier alpha value is -2.35. The monoisotopic (exact) mass is 389 g/mol. The molecule has 27 heavy (non-hydrogen) atoms. The minimum Gasteiger partial charge on any atom is -0.336 e. The zero-order valence-corrected chi connectivity index (χ0v) is 17.3. The largest absolute Gasteiger partial charge is 0.336 e. The first-order valence-electron chi connectivity index (χ1n) is 9.10. The number of nitrogens with zero attached hydrogens (tertiary/aromatic N) is 3. The number of amides is 3. The molecule has 2 N–H and O–H groups in total. The molecule has 0 aliphatic rings. The Bertz CT molecular complexity index is 803. The van der Waals surface area contributed by atoms with Crippen molar-refractivity contribution in [2.75, 3.05) is 0 Å². The highest BCUT2D eigenvalue weighted by molar-refractivity contribution is 8.00. The summed E-state index contributed by atoms with van der Waals surface area (Å²) in [7, 11) is 0. The molecular formula is C19H27N5O2S. The van der Waals surface area contributed by atoms with Crippen molar-refractivity contribution >= 4 is 23.7 Å². The fourth-order valence-electron chi connectivity index (χ4n) is 2.52. The van der Waals surface area contributed by atoms with E-state index < -0.39 is 11.3 Å². The van der Waals surface area contributed by atoms with Crippen LogP contribution < -0.4 is 10.6 Å². The molecule has 3 amide bonds. The van der Waals surface area contributed by atoms with E-state index in [0.29, 0.717) is 5.16 Å². The van der Waals surface area contributed by atoms with Crippen LogP contribution in [0.15, 0.2) is 29.4 Å². The van der Waals surface area contributed by atoms with Gasteiger partial charge in [0.1, 0.15) is 0 Å². The topological polar surface area (TPSA) is 88.9 Å². The Labute approximate surface area is 164 Å². The quantitative estimate of drug-likeness (QED) is 0.709. The standard InChI is InChI=1S/C19H27N5O2S/c1-6-10-24-16(15-9-7-8-13(4)11-15)22-23-19(24)27-14(5)17(25)21-18(26)20-12(2)3/h7-9,11-12,14H,6,10H2,1-5H3,(H2,20,21,25,26)/t14-/m1/s1. The zero-order valence-electron chi connectivity index (χ0n) is 16.4. The van der Waals surface area contributed by atoms with Crippen molar-refractivity contribution in [2.45, 2.75) is 64.0 Å². The van der Waals surface area contributed by atoms with Gasteiger partial charge in [0.05, 0.1) is 5.25 Å². The Morgan fingerprint density at radius 3 is 2.59 bits per heavy atom. The van der Waals surface area contributed by atoms with Gasteiger partial charge in [-0.3, -0.25) is 10.1 Å². The van der Waals surface area contributed by atoms with E-state index in [1.807, 2.05) is 43.5 Å². The fraction of sp³-hybridized carbons (Fsp3) is 0.474. The van der Waals surface area contributed by atoms with Crippen LogP contribution in [0.4, 0.5) is 4.79 Å². The van der Waals surface area contributed by atoms with Crippen LogP contribution >= 0.6 is 11.8 Å². The van der Waals surface area contributed by atoms with Gasteiger partial charge in [-0.25, -0.2) is 4.79 Å². The Morgan fingerprint density at radius 2 is 1.96 bits per heavy atom. The lowest BCUT2D eigenvalue weighted by Gasteiger charge is -2.14. The predicted molar refractivity (Wildman–Crippen MR) is 108 cm³/mol. The molecule has 0 aliphatic heterocycles. The van der Waals surface area contributed by atoms with Crippen LogP contribution in [0.1, 0.15) is 39.7 Å². The van der Waals surface area contributed by atoms with Gasteiger partial charge in [0.15, 0.2) is 11.0 Å². The first-order chi connectivity index (χ1) is 12.8. The van der Waals surface area contributed by atoms with Crippen molar-refractivity contribution in [2.24, 2.45) is 0 Å². The summed E-state index contributed by atoms with van der Waals surface area (Å²) in [5, 5.41) is 13.8. The van der Waals surface area contributed by atoms with Crippen molar-refractivity contribution in [3.63, 3.8) is 0 Å². The summed E-state index contributed by atoms with van der Waals surface area (Å²) < 4.78 is 2.03. The van der Waals surface area contributed by atoms with E-state index in [2.05, 4.69) is 33.8 Å². The number of imide groups is 1. The zero-order chi connectivity index (χ0) is 20.0. The molecule has 0 saturated heterocycles. The van der Waals surface area contributed by atoms with Gasteiger partial charge in [-0.2, -0.15) is 0 Å². The average molecular weight is 390 g/mol. The molecule has 1 aromatic carbocycles. The summed E-state index contributed by atoms with van der Waals surface area (Å²) >= 11 is 1.30. The van der Waals surface area contributed by atoms with Crippen LogP contribution in [0, 0.1) is 6.92 Å².